The second kappa shape index (κ2) is 5.23. The molecule has 0 aliphatic carbocycles. The maximum atomic E-state index is 8.97. The Bertz CT molecular complexity index is 299. The molecule has 1 N–H and O–H groups in total. The Morgan fingerprint density at radius 3 is 2.79 bits per heavy atom. The molecule has 0 bridgehead atoms. The number of hydrogen-bond donors (Lipinski definition) is 1. The van der Waals surface area contributed by atoms with Gasteiger partial charge in [-0.1, -0.05) is 24.6 Å². The van der Waals surface area contributed by atoms with Gasteiger partial charge in [-0.2, -0.15) is 0 Å². The van der Waals surface area contributed by atoms with E-state index < -0.39 is 0 Å². The van der Waals surface area contributed by atoms with E-state index in [9.17, 15) is 0 Å². The lowest BCUT2D eigenvalue weighted by atomic mass is 10.0. The van der Waals surface area contributed by atoms with E-state index in [2.05, 4.69) is 0 Å². The summed E-state index contributed by atoms with van der Waals surface area (Å²) >= 11 is 5.93. The minimum Gasteiger partial charge on any atom is -0.492 e. The Hall–Kier alpha value is -0.730. The first-order chi connectivity index (χ1) is 6.69. The number of aliphatic hydroxyl groups is 1. The standard InChI is InChI=1S/C11H14ClO2/c1-3-14-11-6-9(8(2)7-13)4-5-10(11)12/h4-6,13H,3,7H2,1-2H3. The summed E-state index contributed by atoms with van der Waals surface area (Å²) in [7, 11) is 0. The summed E-state index contributed by atoms with van der Waals surface area (Å²) in [6.45, 7) is 4.42. The van der Waals surface area contributed by atoms with Crippen molar-refractivity contribution in [2.45, 2.75) is 13.8 Å². The Morgan fingerprint density at radius 2 is 2.21 bits per heavy atom. The van der Waals surface area contributed by atoms with Gasteiger partial charge in [-0.05, 0) is 24.6 Å². The van der Waals surface area contributed by atoms with E-state index in [1.165, 1.54) is 0 Å². The highest BCUT2D eigenvalue weighted by molar-refractivity contribution is 6.32. The first kappa shape index (κ1) is 11.3. The molecule has 0 aliphatic heterocycles. The Labute approximate surface area is 89.5 Å². The topological polar surface area (TPSA) is 29.5 Å². The van der Waals surface area contributed by atoms with Crippen LogP contribution in [0.25, 0.3) is 0 Å². The Kier molecular flexibility index (Phi) is 4.23. The van der Waals surface area contributed by atoms with Crippen molar-refractivity contribution in [3.8, 4) is 5.75 Å². The molecule has 0 unspecified atom stereocenters. The van der Waals surface area contributed by atoms with Gasteiger partial charge in [0.25, 0.3) is 0 Å². The van der Waals surface area contributed by atoms with Crippen LogP contribution in [0.4, 0.5) is 0 Å². The Morgan fingerprint density at radius 1 is 1.50 bits per heavy atom. The molecule has 0 fully saturated rings. The molecule has 1 aromatic rings. The summed E-state index contributed by atoms with van der Waals surface area (Å²) in [5, 5.41) is 9.57. The van der Waals surface area contributed by atoms with Crippen LogP contribution in [0.5, 0.6) is 5.75 Å². The van der Waals surface area contributed by atoms with Crippen molar-refractivity contribution in [3.05, 3.63) is 34.7 Å². The number of rotatable bonds is 4. The van der Waals surface area contributed by atoms with Crippen molar-refractivity contribution >= 4 is 11.6 Å². The van der Waals surface area contributed by atoms with Gasteiger partial charge < -0.3 is 9.84 Å². The third kappa shape index (κ3) is 2.63. The van der Waals surface area contributed by atoms with Gasteiger partial charge >= 0.3 is 0 Å². The molecule has 1 aromatic carbocycles. The second-order valence-corrected chi connectivity index (χ2v) is 3.42. The van der Waals surface area contributed by atoms with Crippen LogP contribution in [0.1, 0.15) is 19.4 Å². The van der Waals surface area contributed by atoms with Crippen molar-refractivity contribution in [1.82, 2.24) is 0 Å². The molecular weight excluding hydrogens is 200 g/mol. The van der Waals surface area contributed by atoms with Crippen LogP contribution in [-0.4, -0.2) is 18.3 Å². The summed E-state index contributed by atoms with van der Waals surface area (Å²) in [4.78, 5) is 0. The van der Waals surface area contributed by atoms with Crippen molar-refractivity contribution in [2.75, 3.05) is 13.2 Å². The highest BCUT2D eigenvalue weighted by Crippen LogP contribution is 2.28. The predicted molar refractivity (Wildman–Crippen MR) is 57.7 cm³/mol. The summed E-state index contributed by atoms with van der Waals surface area (Å²) in [5.41, 5.74) is 0.959. The molecule has 3 heteroatoms. The van der Waals surface area contributed by atoms with Crippen LogP contribution in [0.2, 0.25) is 5.02 Å². The molecule has 0 aromatic heterocycles. The molecule has 0 atom stereocenters. The molecule has 1 radical (unpaired) electrons. The SMILES string of the molecule is CCOc1cc([C](C)CO)ccc1Cl. The van der Waals surface area contributed by atoms with E-state index in [4.69, 9.17) is 21.4 Å². The van der Waals surface area contributed by atoms with Crippen LogP contribution in [0, 0.1) is 5.92 Å². The van der Waals surface area contributed by atoms with Crippen LogP contribution >= 0.6 is 11.6 Å². The number of halogens is 1. The van der Waals surface area contributed by atoms with E-state index in [1.807, 2.05) is 26.0 Å². The van der Waals surface area contributed by atoms with Crippen LogP contribution in [0.3, 0.4) is 0 Å². The third-order valence-electron chi connectivity index (χ3n) is 1.96. The molecule has 14 heavy (non-hydrogen) atoms. The molecule has 0 spiro atoms. The van der Waals surface area contributed by atoms with E-state index in [1.54, 1.807) is 6.07 Å². The van der Waals surface area contributed by atoms with E-state index in [0.29, 0.717) is 17.4 Å². The Balaban J connectivity index is 2.93. The van der Waals surface area contributed by atoms with E-state index >= 15 is 0 Å². The molecule has 0 amide bonds. The number of benzene rings is 1. The van der Waals surface area contributed by atoms with Crippen molar-refractivity contribution in [1.29, 1.82) is 0 Å². The van der Waals surface area contributed by atoms with Crippen LogP contribution in [-0.2, 0) is 0 Å². The summed E-state index contributed by atoms with van der Waals surface area (Å²) < 4.78 is 5.35. The molecule has 77 valence electrons. The highest BCUT2D eigenvalue weighted by Gasteiger charge is 2.08. The van der Waals surface area contributed by atoms with Gasteiger partial charge in [-0.3, -0.25) is 0 Å². The van der Waals surface area contributed by atoms with Gasteiger partial charge in [0.15, 0.2) is 0 Å². The lowest BCUT2D eigenvalue weighted by Crippen LogP contribution is -2.01. The summed E-state index contributed by atoms with van der Waals surface area (Å²) in [6.07, 6.45) is 0. The van der Waals surface area contributed by atoms with E-state index in [0.717, 1.165) is 11.5 Å². The molecule has 0 saturated heterocycles. The van der Waals surface area contributed by atoms with Gasteiger partial charge in [-0.15, -0.1) is 0 Å². The zero-order valence-corrected chi connectivity index (χ0v) is 9.14. The van der Waals surface area contributed by atoms with Crippen molar-refractivity contribution in [3.63, 3.8) is 0 Å². The fraction of sp³-hybridized carbons (Fsp3) is 0.364. The van der Waals surface area contributed by atoms with Gasteiger partial charge in [0, 0.05) is 5.92 Å². The van der Waals surface area contributed by atoms with Gasteiger partial charge in [0.1, 0.15) is 5.75 Å². The molecule has 0 saturated carbocycles. The molecule has 1 rings (SSSR count). The number of ether oxygens (including phenoxy) is 1. The zero-order valence-electron chi connectivity index (χ0n) is 8.38. The first-order valence-electron chi connectivity index (χ1n) is 4.55. The second-order valence-electron chi connectivity index (χ2n) is 3.02. The average molecular weight is 214 g/mol. The molecule has 0 heterocycles. The lowest BCUT2D eigenvalue weighted by Gasteiger charge is -2.11. The largest absolute Gasteiger partial charge is 0.492 e. The predicted octanol–water partition coefficient (Wildman–Crippen LogP) is 2.67. The quantitative estimate of drug-likeness (QED) is 0.834. The average Bonchev–Trinajstić information content (AvgIpc) is 2.20. The zero-order chi connectivity index (χ0) is 10.6. The monoisotopic (exact) mass is 213 g/mol. The highest BCUT2D eigenvalue weighted by atomic mass is 35.5. The smallest absolute Gasteiger partial charge is 0.138 e. The van der Waals surface area contributed by atoms with Gasteiger partial charge in [-0.25, -0.2) is 0 Å². The van der Waals surface area contributed by atoms with E-state index in [-0.39, 0.29) is 6.61 Å². The van der Waals surface area contributed by atoms with Gasteiger partial charge in [0.2, 0.25) is 0 Å². The lowest BCUT2D eigenvalue weighted by molar-refractivity contribution is 0.314. The minimum atomic E-state index is 0.0488. The third-order valence-corrected chi connectivity index (χ3v) is 2.27. The fourth-order valence-electron chi connectivity index (χ4n) is 1.13. The van der Waals surface area contributed by atoms with Gasteiger partial charge in [0.05, 0.1) is 18.2 Å². The van der Waals surface area contributed by atoms with Crippen LogP contribution < -0.4 is 4.74 Å². The molecule has 2 nitrogen and oxygen atoms in total. The maximum Gasteiger partial charge on any atom is 0.138 e. The van der Waals surface area contributed by atoms with Crippen molar-refractivity contribution < 1.29 is 9.84 Å². The molecule has 0 aliphatic rings. The number of aliphatic hydroxyl groups excluding tert-OH is 1. The number of hydrogen-bond acceptors (Lipinski definition) is 2. The van der Waals surface area contributed by atoms with Crippen molar-refractivity contribution in [2.24, 2.45) is 0 Å². The summed E-state index contributed by atoms with van der Waals surface area (Å²) in [5.74, 6) is 1.57. The summed E-state index contributed by atoms with van der Waals surface area (Å²) in [6, 6.07) is 5.49. The first-order valence-corrected chi connectivity index (χ1v) is 4.92. The van der Waals surface area contributed by atoms with Crippen LogP contribution in [0.15, 0.2) is 18.2 Å². The maximum absolute atomic E-state index is 8.97. The minimum absolute atomic E-state index is 0.0488. The fourth-order valence-corrected chi connectivity index (χ4v) is 1.30. The normalized spacial score (nSPS) is 10.6. The molecular formula is C11H14ClO2.